The average molecular weight is 263 g/mol. The monoisotopic (exact) mass is 262 g/mol. The van der Waals surface area contributed by atoms with Gasteiger partial charge >= 0.3 is 0 Å². The molecule has 1 aromatic carbocycles. The van der Waals surface area contributed by atoms with Crippen LogP contribution in [0.4, 0.5) is 0 Å². The molecule has 0 radical (unpaired) electrons. The number of benzene rings is 1. The minimum atomic E-state index is 0.822. The Kier molecular flexibility index (Phi) is 3.31. The third-order valence-electron chi connectivity index (χ3n) is 3.85. The van der Waals surface area contributed by atoms with Crippen molar-refractivity contribution in [1.29, 1.82) is 0 Å². The Bertz CT molecular complexity index is 553. The number of aryl methyl sites for hydroxylation is 1. The molecule has 0 unspecified atom stereocenters. The van der Waals surface area contributed by atoms with Crippen LogP contribution in [0.2, 0.25) is 5.02 Å². The lowest BCUT2D eigenvalue weighted by Gasteiger charge is -2.16. The van der Waals surface area contributed by atoms with Gasteiger partial charge < -0.3 is 4.57 Å². The Hall–Kier alpha value is -0.990. The Morgan fingerprint density at radius 1 is 1.17 bits per heavy atom. The Labute approximate surface area is 113 Å². The highest BCUT2D eigenvalue weighted by atomic mass is 35.5. The molecular formula is C15H19ClN2. The molecule has 0 aliphatic carbocycles. The number of hydrogen-bond donors (Lipinski definition) is 0. The zero-order valence-corrected chi connectivity index (χ0v) is 11.6. The summed E-state index contributed by atoms with van der Waals surface area (Å²) in [7, 11) is 0. The summed E-state index contributed by atoms with van der Waals surface area (Å²) < 4.78 is 2.39. The van der Waals surface area contributed by atoms with Gasteiger partial charge in [-0.2, -0.15) is 0 Å². The van der Waals surface area contributed by atoms with Gasteiger partial charge in [-0.25, -0.2) is 0 Å². The van der Waals surface area contributed by atoms with Crippen molar-refractivity contribution >= 4 is 22.5 Å². The first-order valence-corrected chi connectivity index (χ1v) is 7.16. The van der Waals surface area contributed by atoms with Gasteiger partial charge in [0.05, 0.1) is 0 Å². The van der Waals surface area contributed by atoms with Gasteiger partial charge in [-0.05, 0) is 51.1 Å². The maximum Gasteiger partial charge on any atom is 0.0497 e. The molecule has 3 heteroatoms. The Morgan fingerprint density at radius 2 is 1.94 bits per heavy atom. The highest BCUT2D eigenvalue weighted by molar-refractivity contribution is 6.31. The molecule has 18 heavy (non-hydrogen) atoms. The molecule has 0 amide bonds. The van der Waals surface area contributed by atoms with E-state index < -0.39 is 0 Å². The molecule has 3 rings (SSSR count). The van der Waals surface area contributed by atoms with E-state index >= 15 is 0 Å². The van der Waals surface area contributed by atoms with Crippen LogP contribution in [0.5, 0.6) is 0 Å². The number of nitrogens with zero attached hydrogens (tertiary/aromatic N) is 2. The molecule has 0 atom stereocenters. The molecule has 96 valence electrons. The van der Waals surface area contributed by atoms with E-state index in [4.69, 9.17) is 11.6 Å². The first-order valence-electron chi connectivity index (χ1n) is 6.78. The molecule has 1 aromatic heterocycles. The summed E-state index contributed by atoms with van der Waals surface area (Å²) in [5, 5.41) is 2.12. The van der Waals surface area contributed by atoms with Crippen LogP contribution in [-0.2, 0) is 13.1 Å². The summed E-state index contributed by atoms with van der Waals surface area (Å²) in [6.07, 6.45) is 2.69. The molecule has 1 saturated heterocycles. The standard InChI is InChI=1S/C15H19ClN2/c1-2-18-14(11-17-7-3-4-8-17)9-12-5-6-13(16)10-15(12)18/h5-6,9-10H,2-4,7-8,11H2,1H3. The van der Waals surface area contributed by atoms with Crippen LogP contribution in [0, 0.1) is 0 Å². The molecule has 1 fully saturated rings. The highest BCUT2D eigenvalue weighted by Gasteiger charge is 2.15. The Morgan fingerprint density at radius 3 is 2.67 bits per heavy atom. The summed E-state index contributed by atoms with van der Waals surface area (Å²) in [6, 6.07) is 8.49. The number of aromatic nitrogens is 1. The lowest BCUT2D eigenvalue weighted by Crippen LogP contribution is -2.20. The second kappa shape index (κ2) is 4.94. The van der Waals surface area contributed by atoms with E-state index in [1.54, 1.807) is 0 Å². The number of halogens is 1. The summed E-state index contributed by atoms with van der Waals surface area (Å²) in [5.74, 6) is 0. The van der Waals surface area contributed by atoms with Crippen LogP contribution >= 0.6 is 11.6 Å². The second-order valence-corrected chi connectivity index (χ2v) is 5.50. The van der Waals surface area contributed by atoms with Crippen LogP contribution in [0.25, 0.3) is 10.9 Å². The minimum Gasteiger partial charge on any atom is -0.344 e. The maximum absolute atomic E-state index is 6.10. The van der Waals surface area contributed by atoms with Crippen LogP contribution in [0.3, 0.4) is 0 Å². The average Bonchev–Trinajstić information content (AvgIpc) is 2.96. The van der Waals surface area contributed by atoms with Gasteiger partial charge in [0, 0.05) is 34.7 Å². The first-order chi connectivity index (χ1) is 8.78. The Balaban J connectivity index is 1.99. The van der Waals surface area contributed by atoms with E-state index in [0.29, 0.717) is 0 Å². The smallest absolute Gasteiger partial charge is 0.0497 e. The normalized spacial score (nSPS) is 16.8. The van der Waals surface area contributed by atoms with Crippen LogP contribution in [0.15, 0.2) is 24.3 Å². The molecule has 0 bridgehead atoms. The molecule has 0 N–H and O–H groups in total. The fourth-order valence-electron chi connectivity index (χ4n) is 2.96. The quantitative estimate of drug-likeness (QED) is 0.814. The van der Waals surface area contributed by atoms with Gasteiger partial charge in [0.25, 0.3) is 0 Å². The zero-order chi connectivity index (χ0) is 12.5. The van der Waals surface area contributed by atoms with Crippen LogP contribution in [0.1, 0.15) is 25.5 Å². The molecule has 2 heterocycles. The largest absolute Gasteiger partial charge is 0.344 e. The van der Waals surface area contributed by atoms with Gasteiger partial charge in [0.1, 0.15) is 0 Å². The highest BCUT2D eigenvalue weighted by Crippen LogP contribution is 2.25. The first kappa shape index (κ1) is 12.1. The van der Waals surface area contributed by atoms with E-state index in [2.05, 4.69) is 34.6 Å². The van der Waals surface area contributed by atoms with Crippen molar-refractivity contribution in [1.82, 2.24) is 9.47 Å². The molecular weight excluding hydrogens is 244 g/mol. The van der Waals surface area contributed by atoms with Crippen molar-refractivity contribution in [2.45, 2.75) is 32.9 Å². The van der Waals surface area contributed by atoms with E-state index in [1.807, 2.05) is 6.07 Å². The lowest BCUT2D eigenvalue weighted by atomic mass is 10.2. The molecule has 0 spiro atoms. The van der Waals surface area contributed by atoms with Crippen LogP contribution < -0.4 is 0 Å². The van der Waals surface area contributed by atoms with Gasteiger partial charge in [-0.1, -0.05) is 17.7 Å². The van der Waals surface area contributed by atoms with Gasteiger partial charge in [0.2, 0.25) is 0 Å². The third kappa shape index (κ3) is 2.15. The molecule has 1 aliphatic heterocycles. The molecule has 2 aromatic rings. The van der Waals surface area contributed by atoms with Crippen molar-refractivity contribution < 1.29 is 0 Å². The van der Waals surface area contributed by atoms with Gasteiger partial charge in [-0.3, -0.25) is 4.90 Å². The number of rotatable bonds is 3. The van der Waals surface area contributed by atoms with E-state index in [9.17, 15) is 0 Å². The van der Waals surface area contributed by atoms with Crippen molar-refractivity contribution in [3.63, 3.8) is 0 Å². The zero-order valence-electron chi connectivity index (χ0n) is 10.8. The van der Waals surface area contributed by atoms with E-state index in [1.165, 1.54) is 42.5 Å². The fraction of sp³-hybridized carbons (Fsp3) is 0.467. The maximum atomic E-state index is 6.10. The van der Waals surface area contributed by atoms with E-state index in [0.717, 1.165) is 18.1 Å². The lowest BCUT2D eigenvalue weighted by molar-refractivity contribution is 0.322. The minimum absolute atomic E-state index is 0.822. The molecule has 1 aliphatic rings. The third-order valence-corrected chi connectivity index (χ3v) is 4.09. The number of likely N-dealkylation sites (tertiary alicyclic amines) is 1. The number of hydrogen-bond acceptors (Lipinski definition) is 1. The van der Waals surface area contributed by atoms with Crippen molar-refractivity contribution in [3.05, 3.63) is 35.0 Å². The van der Waals surface area contributed by atoms with E-state index in [-0.39, 0.29) is 0 Å². The predicted molar refractivity (Wildman–Crippen MR) is 77.1 cm³/mol. The predicted octanol–water partition coefficient (Wildman–Crippen LogP) is 3.91. The van der Waals surface area contributed by atoms with Crippen LogP contribution in [-0.4, -0.2) is 22.6 Å². The molecule has 0 saturated carbocycles. The summed E-state index contributed by atoms with van der Waals surface area (Å²) in [6.45, 7) is 6.76. The second-order valence-electron chi connectivity index (χ2n) is 5.07. The van der Waals surface area contributed by atoms with Gasteiger partial charge in [-0.15, -0.1) is 0 Å². The fourth-order valence-corrected chi connectivity index (χ4v) is 3.13. The topological polar surface area (TPSA) is 8.17 Å². The molecule has 2 nitrogen and oxygen atoms in total. The van der Waals surface area contributed by atoms with Crippen molar-refractivity contribution in [2.24, 2.45) is 0 Å². The SMILES string of the molecule is CCn1c(CN2CCCC2)cc2ccc(Cl)cc21. The summed E-state index contributed by atoms with van der Waals surface area (Å²) in [5.41, 5.74) is 2.68. The van der Waals surface area contributed by atoms with Crippen molar-refractivity contribution in [3.8, 4) is 0 Å². The number of fused-ring (bicyclic) bond motifs is 1. The summed E-state index contributed by atoms with van der Waals surface area (Å²) >= 11 is 6.10. The van der Waals surface area contributed by atoms with Gasteiger partial charge in [0.15, 0.2) is 0 Å². The summed E-state index contributed by atoms with van der Waals surface area (Å²) in [4.78, 5) is 2.54. The van der Waals surface area contributed by atoms with Crippen molar-refractivity contribution in [2.75, 3.05) is 13.1 Å².